The van der Waals surface area contributed by atoms with Crippen LogP contribution < -0.4 is 0 Å². The summed E-state index contributed by atoms with van der Waals surface area (Å²) in [5, 5.41) is 8.88. The van der Waals surface area contributed by atoms with E-state index in [-0.39, 0.29) is 0 Å². The van der Waals surface area contributed by atoms with Gasteiger partial charge in [-0.25, -0.2) is 4.98 Å². The van der Waals surface area contributed by atoms with Crippen LogP contribution in [0.2, 0.25) is 0 Å². The maximum atomic E-state index is 12.3. The number of carboxylic acids is 1. The molecule has 0 radical (unpaired) electrons. The predicted octanol–water partition coefficient (Wildman–Crippen LogP) is 2.74. The van der Waals surface area contributed by atoms with Gasteiger partial charge in [-0.3, -0.25) is 14.2 Å². The van der Waals surface area contributed by atoms with Crippen molar-refractivity contribution in [3.63, 3.8) is 0 Å². The number of carbonyl (C=O) groups excluding carboxylic acids is 1. The number of aromatic nitrogens is 2. The van der Waals surface area contributed by atoms with Crippen molar-refractivity contribution in [3.8, 4) is 0 Å². The summed E-state index contributed by atoms with van der Waals surface area (Å²) in [6, 6.07) is 16.9. The van der Waals surface area contributed by atoms with Gasteiger partial charge in [0.15, 0.2) is 0 Å². The van der Waals surface area contributed by atoms with E-state index in [4.69, 9.17) is 5.11 Å². The lowest BCUT2D eigenvalue weighted by Crippen LogP contribution is -2.18. The Morgan fingerprint density at radius 1 is 1.00 bits per heavy atom. The van der Waals surface area contributed by atoms with E-state index < -0.39 is 18.3 Å². The van der Waals surface area contributed by atoms with Crippen LogP contribution in [0.15, 0.2) is 54.6 Å². The second-order valence-corrected chi connectivity index (χ2v) is 4.98. The number of benzene rings is 2. The fraction of sp³-hybridized carbons (Fsp3) is 0.118. The number of fused-ring (bicyclic) bond motifs is 1. The number of nitrogens with zero attached hydrogens (tertiary/aromatic N) is 2. The monoisotopic (exact) mass is 294 g/mol. The standard InChI is InChI=1S/C17H14N2O3/c20-16(11-17(21)22)19-14-9-5-4-8-13(14)18-15(19)10-12-6-2-1-3-7-12/h1-9H,10-11H2,(H,21,22). The molecule has 0 unspecified atom stereocenters. The molecule has 0 aliphatic heterocycles. The lowest BCUT2D eigenvalue weighted by atomic mass is 10.1. The van der Waals surface area contributed by atoms with Crippen LogP contribution in [0, 0.1) is 0 Å². The van der Waals surface area contributed by atoms with Crippen molar-refractivity contribution in [2.75, 3.05) is 0 Å². The van der Waals surface area contributed by atoms with Crippen molar-refractivity contribution in [1.29, 1.82) is 0 Å². The van der Waals surface area contributed by atoms with Gasteiger partial charge in [-0.05, 0) is 17.7 Å². The molecule has 5 nitrogen and oxygen atoms in total. The Hall–Kier alpha value is -2.95. The van der Waals surface area contributed by atoms with Gasteiger partial charge in [0.05, 0.1) is 11.0 Å². The summed E-state index contributed by atoms with van der Waals surface area (Å²) in [4.78, 5) is 27.6. The van der Waals surface area contributed by atoms with Crippen molar-refractivity contribution in [1.82, 2.24) is 9.55 Å². The van der Waals surface area contributed by atoms with Gasteiger partial charge in [-0.15, -0.1) is 0 Å². The fourth-order valence-corrected chi connectivity index (χ4v) is 2.46. The van der Waals surface area contributed by atoms with Gasteiger partial charge in [-0.1, -0.05) is 42.5 Å². The average Bonchev–Trinajstić information content (AvgIpc) is 2.85. The van der Waals surface area contributed by atoms with E-state index in [1.165, 1.54) is 4.57 Å². The van der Waals surface area contributed by atoms with Crippen LogP contribution in [-0.4, -0.2) is 26.5 Å². The molecule has 0 fully saturated rings. The smallest absolute Gasteiger partial charge is 0.312 e. The molecule has 0 amide bonds. The topological polar surface area (TPSA) is 72.2 Å². The number of hydrogen-bond acceptors (Lipinski definition) is 3. The van der Waals surface area contributed by atoms with Gasteiger partial charge in [0.25, 0.3) is 0 Å². The van der Waals surface area contributed by atoms with Crippen LogP contribution >= 0.6 is 0 Å². The Kier molecular flexibility index (Phi) is 3.70. The van der Waals surface area contributed by atoms with Crippen molar-refractivity contribution in [2.24, 2.45) is 0 Å². The van der Waals surface area contributed by atoms with Crippen LogP contribution in [0.4, 0.5) is 0 Å². The number of imidazole rings is 1. The number of rotatable bonds is 4. The third-order valence-corrected chi connectivity index (χ3v) is 3.39. The van der Waals surface area contributed by atoms with Crippen LogP contribution in [0.25, 0.3) is 11.0 Å². The summed E-state index contributed by atoms with van der Waals surface area (Å²) in [5.41, 5.74) is 2.34. The highest BCUT2D eigenvalue weighted by Crippen LogP contribution is 2.19. The molecule has 0 aliphatic rings. The van der Waals surface area contributed by atoms with E-state index in [1.807, 2.05) is 42.5 Å². The Balaban J connectivity index is 2.08. The van der Waals surface area contributed by atoms with Gasteiger partial charge in [-0.2, -0.15) is 0 Å². The number of hydrogen-bond donors (Lipinski definition) is 1. The second kappa shape index (κ2) is 5.81. The van der Waals surface area contributed by atoms with E-state index >= 15 is 0 Å². The first-order valence-corrected chi connectivity index (χ1v) is 6.90. The average molecular weight is 294 g/mol. The zero-order valence-electron chi connectivity index (χ0n) is 11.8. The molecule has 110 valence electrons. The van der Waals surface area contributed by atoms with Gasteiger partial charge in [0.1, 0.15) is 12.2 Å². The molecular formula is C17H14N2O3. The molecule has 0 spiro atoms. The van der Waals surface area contributed by atoms with E-state index in [2.05, 4.69) is 4.98 Å². The highest BCUT2D eigenvalue weighted by atomic mass is 16.4. The third kappa shape index (κ3) is 2.74. The first kappa shape index (κ1) is 14.0. The minimum absolute atomic E-state index is 0.473. The molecular weight excluding hydrogens is 280 g/mol. The van der Waals surface area contributed by atoms with Crippen molar-refractivity contribution in [2.45, 2.75) is 12.8 Å². The van der Waals surface area contributed by atoms with Crippen molar-refractivity contribution in [3.05, 3.63) is 66.0 Å². The summed E-state index contributed by atoms with van der Waals surface area (Å²) in [6.07, 6.45) is -0.0803. The summed E-state index contributed by atoms with van der Waals surface area (Å²) < 4.78 is 1.41. The maximum Gasteiger partial charge on any atom is 0.312 e. The van der Waals surface area contributed by atoms with E-state index in [0.29, 0.717) is 23.3 Å². The lowest BCUT2D eigenvalue weighted by molar-refractivity contribution is -0.136. The first-order chi connectivity index (χ1) is 10.6. The highest BCUT2D eigenvalue weighted by molar-refractivity contribution is 5.99. The van der Waals surface area contributed by atoms with Gasteiger partial charge in [0.2, 0.25) is 5.91 Å². The van der Waals surface area contributed by atoms with E-state index in [1.54, 1.807) is 12.1 Å². The number of carbonyl (C=O) groups is 2. The van der Waals surface area contributed by atoms with Crippen LogP contribution in [0.1, 0.15) is 22.6 Å². The minimum Gasteiger partial charge on any atom is -0.481 e. The molecule has 22 heavy (non-hydrogen) atoms. The molecule has 0 bridgehead atoms. The molecule has 0 saturated heterocycles. The van der Waals surface area contributed by atoms with Gasteiger partial charge < -0.3 is 5.11 Å². The SMILES string of the molecule is O=C(O)CC(=O)n1c(Cc2ccccc2)nc2ccccc21. The third-order valence-electron chi connectivity index (χ3n) is 3.39. The normalized spacial score (nSPS) is 10.7. The Labute approximate surface area is 126 Å². The summed E-state index contributed by atoms with van der Waals surface area (Å²) >= 11 is 0. The molecule has 0 saturated carbocycles. The Bertz CT molecular complexity index is 837. The van der Waals surface area contributed by atoms with Gasteiger partial charge in [0, 0.05) is 6.42 Å². The fourth-order valence-electron chi connectivity index (χ4n) is 2.46. The number of carboxylic acid groups (broad SMARTS) is 1. The quantitative estimate of drug-likeness (QED) is 0.751. The predicted molar refractivity (Wildman–Crippen MR) is 81.9 cm³/mol. The zero-order chi connectivity index (χ0) is 15.5. The Morgan fingerprint density at radius 3 is 2.41 bits per heavy atom. The molecule has 3 rings (SSSR count). The van der Waals surface area contributed by atoms with Crippen molar-refractivity contribution >= 4 is 22.9 Å². The summed E-state index contributed by atoms with van der Waals surface area (Å²) in [6.45, 7) is 0. The van der Waals surface area contributed by atoms with Gasteiger partial charge >= 0.3 is 5.97 Å². The van der Waals surface area contributed by atoms with Crippen LogP contribution in [-0.2, 0) is 11.2 Å². The number of para-hydroxylation sites is 2. The van der Waals surface area contributed by atoms with E-state index in [9.17, 15) is 9.59 Å². The molecule has 0 atom stereocenters. The Morgan fingerprint density at radius 2 is 1.68 bits per heavy atom. The van der Waals surface area contributed by atoms with E-state index in [0.717, 1.165) is 5.56 Å². The minimum atomic E-state index is -1.14. The molecule has 5 heteroatoms. The number of aliphatic carboxylic acids is 1. The highest BCUT2D eigenvalue weighted by Gasteiger charge is 2.18. The second-order valence-electron chi connectivity index (χ2n) is 4.98. The van der Waals surface area contributed by atoms with Crippen LogP contribution in [0.5, 0.6) is 0 Å². The molecule has 0 aliphatic carbocycles. The summed E-state index contributed by atoms with van der Waals surface area (Å²) in [5.74, 6) is -1.07. The molecule has 1 aromatic heterocycles. The summed E-state index contributed by atoms with van der Waals surface area (Å²) in [7, 11) is 0. The zero-order valence-corrected chi connectivity index (χ0v) is 11.8. The first-order valence-electron chi connectivity index (χ1n) is 6.90. The molecule has 1 heterocycles. The molecule has 2 aromatic carbocycles. The lowest BCUT2D eigenvalue weighted by Gasteiger charge is -2.06. The molecule has 3 aromatic rings. The largest absolute Gasteiger partial charge is 0.481 e. The van der Waals surface area contributed by atoms with Crippen LogP contribution in [0.3, 0.4) is 0 Å². The molecule has 1 N–H and O–H groups in total. The maximum absolute atomic E-state index is 12.3. The van der Waals surface area contributed by atoms with Crippen molar-refractivity contribution < 1.29 is 14.7 Å².